The summed E-state index contributed by atoms with van der Waals surface area (Å²) in [5, 5.41) is 17.5. The van der Waals surface area contributed by atoms with Crippen LogP contribution in [0.15, 0.2) is 35.3 Å². The number of nitrogens with zero attached hydrogens (tertiary/aromatic N) is 2. The predicted octanol–water partition coefficient (Wildman–Crippen LogP) is 4.03. The lowest BCUT2D eigenvalue weighted by atomic mass is 9.47. The lowest BCUT2D eigenvalue weighted by molar-refractivity contribution is -0.173. The third kappa shape index (κ3) is 3.02. The molecule has 4 bridgehead atoms. The number of anilines is 1. The van der Waals surface area contributed by atoms with Gasteiger partial charge in [0.2, 0.25) is 0 Å². The standard InChI is InChI=1S/C22H23ClFN3O3/c23-18-17(25-10-13-1-3-16(24)4-2-13)11-26-27(19(18)28)22-8-14-5-15(9-22)7-21(6-14,12-22)20(29)30/h1-4,11,14-15,25H,5-10,12H2,(H,29,30)/t14-,15+,21?,22?. The summed E-state index contributed by atoms with van der Waals surface area (Å²) in [5.74, 6) is -0.439. The second-order valence-corrected chi connectivity index (χ2v) is 9.72. The lowest BCUT2D eigenvalue weighted by Crippen LogP contribution is -2.61. The molecule has 158 valence electrons. The molecule has 8 heteroatoms. The summed E-state index contributed by atoms with van der Waals surface area (Å²) in [6.07, 6.45) is 5.97. The van der Waals surface area contributed by atoms with Crippen LogP contribution < -0.4 is 10.9 Å². The monoisotopic (exact) mass is 431 g/mol. The van der Waals surface area contributed by atoms with Crippen molar-refractivity contribution in [2.75, 3.05) is 5.32 Å². The van der Waals surface area contributed by atoms with E-state index in [4.69, 9.17) is 11.6 Å². The molecule has 4 fully saturated rings. The second-order valence-electron chi connectivity index (χ2n) is 9.34. The highest BCUT2D eigenvalue weighted by atomic mass is 35.5. The zero-order chi connectivity index (χ0) is 21.1. The van der Waals surface area contributed by atoms with E-state index in [1.165, 1.54) is 16.8 Å². The summed E-state index contributed by atoms with van der Waals surface area (Å²) in [7, 11) is 0. The number of aliphatic carboxylic acids is 1. The van der Waals surface area contributed by atoms with Gasteiger partial charge < -0.3 is 10.4 Å². The Hall–Kier alpha value is -2.41. The highest BCUT2D eigenvalue weighted by Gasteiger charge is 2.62. The predicted molar refractivity (Wildman–Crippen MR) is 110 cm³/mol. The molecule has 1 aromatic heterocycles. The molecule has 2 N–H and O–H groups in total. The van der Waals surface area contributed by atoms with Crippen molar-refractivity contribution in [2.24, 2.45) is 17.3 Å². The third-order valence-corrected chi connectivity index (χ3v) is 7.61. The van der Waals surface area contributed by atoms with Crippen molar-refractivity contribution in [2.45, 2.75) is 50.6 Å². The Morgan fingerprint density at radius 2 is 1.90 bits per heavy atom. The quantitative estimate of drug-likeness (QED) is 0.746. The minimum Gasteiger partial charge on any atom is -0.481 e. The van der Waals surface area contributed by atoms with Crippen molar-refractivity contribution in [3.8, 4) is 0 Å². The van der Waals surface area contributed by atoms with Crippen LogP contribution in [0.4, 0.5) is 10.1 Å². The molecular formula is C22H23ClFN3O3. The van der Waals surface area contributed by atoms with E-state index in [2.05, 4.69) is 10.4 Å². The Labute approximate surface area is 178 Å². The van der Waals surface area contributed by atoms with Crippen LogP contribution >= 0.6 is 11.6 Å². The van der Waals surface area contributed by atoms with E-state index in [-0.39, 0.29) is 16.4 Å². The summed E-state index contributed by atoms with van der Waals surface area (Å²) in [6, 6.07) is 6.07. The van der Waals surface area contributed by atoms with Crippen LogP contribution in [0, 0.1) is 23.1 Å². The summed E-state index contributed by atoms with van der Waals surface area (Å²) >= 11 is 6.42. The highest BCUT2D eigenvalue weighted by Crippen LogP contribution is 2.63. The Bertz CT molecular complexity index is 1050. The van der Waals surface area contributed by atoms with E-state index < -0.39 is 16.9 Å². The van der Waals surface area contributed by atoms with E-state index in [0.717, 1.165) is 24.8 Å². The lowest BCUT2D eigenvalue weighted by Gasteiger charge is -2.60. The fourth-order valence-electron chi connectivity index (χ4n) is 6.41. The van der Waals surface area contributed by atoms with Gasteiger partial charge in [-0.1, -0.05) is 23.7 Å². The zero-order valence-electron chi connectivity index (χ0n) is 16.4. The number of hydrogen-bond acceptors (Lipinski definition) is 4. The molecule has 6 nitrogen and oxygen atoms in total. The Balaban J connectivity index is 1.44. The van der Waals surface area contributed by atoms with Gasteiger partial charge in [0.1, 0.15) is 10.8 Å². The maximum absolute atomic E-state index is 13.2. The van der Waals surface area contributed by atoms with Gasteiger partial charge in [-0.25, -0.2) is 9.07 Å². The number of rotatable bonds is 5. The van der Waals surface area contributed by atoms with Gasteiger partial charge >= 0.3 is 5.97 Å². The first kappa shape index (κ1) is 19.5. The molecule has 0 spiro atoms. The van der Waals surface area contributed by atoms with Crippen molar-refractivity contribution in [1.82, 2.24) is 9.78 Å². The van der Waals surface area contributed by atoms with Crippen molar-refractivity contribution < 1.29 is 14.3 Å². The van der Waals surface area contributed by atoms with Gasteiger partial charge in [0.25, 0.3) is 5.56 Å². The molecule has 4 aliphatic rings. The van der Waals surface area contributed by atoms with Crippen molar-refractivity contribution in [1.29, 1.82) is 0 Å². The number of hydrogen-bond donors (Lipinski definition) is 2. The van der Waals surface area contributed by atoms with E-state index >= 15 is 0 Å². The number of carbonyl (C=O) groups is 1. The normalized spacial score (nSPS) is 31.7. The molecule has 4 aliphatic carbocycles. The van der Waals surface area contributed by atoms with Gasteiger partial charge in [0.15, 0.2) is 0 Å². The molecular weight excluding hydrogens is 409 g/mol. The largest absolute Gasteiger partial charge is 0.481 e. The first-order chi connectivity index (χ1) is 14.3. The SMILES string of the molecule is O=C(O)C12C[C@H]3C[C@@H](C1)CC(n1ncc(NCc4ccc(F)cc4)c(Cl)c1=O)(C3)C2. The van der Waals surface area contributed by atoms with Gasteiger partial charge in [-0.05, 0) is 68.1 Å². The Morgan fingerprint density at radius 3 is 2.53 bits per heavy atom. The second kappa shape index (κ2) is 6.80. The first-order valence-corrected chi connectivity index (χ1v) is 10.7. The number of carboxylic acid groups (broad SMARTS) is 1. The van der Waals surface area contributed by atoms with Gasteiger partial charge in [-0.3, -0.25) is 9.59 Å². The summed E-state index contributed by atoms with van der Waals surface area (Å²) in [5.41, 5.74) is -0.445. The van der Waals surface area contributed by atoms with Crippen LogP contribution in [0.25, 0.3) is 0 Å². The number of benzene rings is 1. The molecule has 6 rings (SSSR count). The molecule has 0 aliphatic heterocycles. The van der Waals surface area contributed by atoms with Gasteiger partial charge in [0, 0.05) is 6.54 Å². The van der Waals surface area contributed by atoms with E-state index in [9.17, 15) is 19.1 Å². The molecule has 2 aromatic rings. The van der Waals surface area contributed by atoms with Gasteiger partial charge in [0.05, 0.1) is 22.8 Å². The average molecular weight is 432 g/mol. The van der Waals surface area contributed by atoms with Gasteiger partial charge in [-0.15, -0.1) is 0 Å². The topological polar surface area (TPSA) is 84.2 Å². The molecule has 0 amide bonds. The van der Waals surface area contributed by atoms with Crippen LogP contribution in [0.3, 0.4) is 0 Å². The van der Waals surface area contributed by atoms with E-state index in [0.29, 0.717) is 43.3 Å². The smallest absolute Gasteiger partial charge is 0.309 e. The zero-order valence-corrected chi connectivity index (χ0v) is 17.2. The van der Waals surface area contributed by atoms with Crippen molar-refractivity contribution in [3.63, 3.8) is 0 Å². The molecule has 4 atom stereocenters. The number of halogens is 2. The van der Waals surface area contributed by atoms with Gasteiger partial charge in [-0.2, -0.15) is 5.10 Å². The van der Waals surface area contributed by atoms with Crippen LogP contribution in [-0.4, -0.2) is 20.9 Å². The maximum atomic E-state index is 13.2. The third-order valence-electron chi connectivity index (χ3n) is 7.25. The van der Waals surface area contributed by atoms with Crippen LogP contribution in [0.1, 0.15) is 44.1 Å². The molecule has 2 unspecified atom stereocenters. The summed E-state index contributed by atoms with van der Waals surface area (Å²) < 4.78 is 14.5. The van der Waals surface area contributed by atoms with Crippen LogP contribution in [0.5, 0.6) is 0 Å². The molecule has 0 radical (unpaired) electrons. The summed E-state index contributed by atoms with van der Waals surface area (Å²) in [6.45, 7) is 0.378. The fraction of sp³-hybridized carbons (Fsp3) is 0.500. The minimum absolute atomic E-state index is 0.0484. The van der Waals surface area contributed by atoms with Crippen LogP contribution in [0.2, 0.25) is 5.02 Å². The molecule has 1 aromatic carbocycles. The molecule has 1 heterocycles. The molecule has 0 saturated heterocycles. The van der Waals surface area contributed by atoms with Crippen molar-refractivity contribution in [3.05, 3.63) is 57.2 Å². The minimum atomic E-state index is -0.753. The average Bonchev–Trinajstić information content (AvgIpc) is 2.69. The fourth-order valence-corrected chi connectivity index (χ4v) is 6.60. The van der Waals surface area contributed by atoms with Crippen LogP contribution in [-0.2, 0) is 16.9 Å². The Kier molecular flexibility index (Phi) is 4.43. The van der Waals surface area contributed by atoms with E-state index in [1.807, 2.05) is 0 Å². The number of nitrogens with one attached hydrogen (secondary N) is 1. The van der Waals surface area contributed by atoms with Crippen molar-refractivity contribution >= 4 is 23.3 Å². The Morgan fingerprint density at radius 1 is 1.23 bits per heavy atom. The molecule has 4 saturated carbocycles. The van der Waals surface area contributed by atoms with E-state index in [1.54, 1.807) is 18.3 Å². The first-order valence-electron chi connectivity index (χ1n) is 10.3. The number of carboxylic acids is 1. The summed E-state index contributed by atoms with van der Waals surface area (Å²) in [4.78, 5) is 25.3. The number of aromatic nitrogens is 2. The maximum Gasteiger partial charge on any atom is 0.309 e. The molecule has 30 heavy (non-hydrogen) atoms. The highest BCUT2D eigenvalue weighted by molar-refractivity contribution is 6.32.